The van der Waals surface area contributed by atoms with E-state index in [0.717, 1.165) is 12.1 Å². The third kappa shape index (κ3) is 3.57. The Morgan fingerprint density at radius 3 is 2.22 bits per heavy atom. The molecule has 1 N–H and O–H groups in total. The third-order valence-electron chi connectivity index (χ3n) is 3.75. The lowest BCUT2D eigenvalue weighted by Gasteiger charge is -2.16. The van der Waals surface area contributed by atoms with Crippen molar-refractivity contribution in [3.63, 3.8) is 0 Å². The van der Waals surface area contributed by atoms with Crippen molar-refractivity contribution in [2.75, 3.05) is 12.0 Å². The van der Waals surface area contributed by atoms with E-state index in [1.165, 1.54) is 43.5 Å². The number of ether oxygens (including phenoxy) is 2. The van der Waals surface area contributed by atoms with E-state index in [1.807, 2.05) is 0 Å². The van der Waals surface area contributed by atoms with Crippen molar-refractivity contribution in [3.05, 3.63) is 59.9 Å². The van der Waals surface area contributed by atoms with Crippen LogP contribution in [-0.4, -0.2) is 30.4 Å². The SMILES string of the molecule is COc1ccc(C2=C(O)C(=O)N(c3cccc(OC(F)(F)F)c3)C2=O)cc1. The summed E-state index contributed by atoms with van der Waals surface area (Å²) in [7, 11) is 1.45. The predicted octanol–water partition coefficient (Wildman–Crippen LogP) is 3.44. The van der Waals surface area contributed by atoms with E-state index >= 15 is 0 Å². The highest BCUT2D eigenvalue weighted by Crippen LogP contribution is 2.34. The van der Waals surface area contributed by atoms with E-state index in [4.69, 9.17) is 4.74 Å². The molecule has 0 saturated heterocycles. The van der Waals surface area contributed by atoms with E-state index < -0.39 is 29.7 Å². The minimum Gasteiger partial charge on any atom is -0.502 e. The number of carbonyl (C=O) groups excluding carboxylic acids is 2. The molecule has 2 amide bonds. The minimum atomic E-state index is -4.92. The summed E-state index contributed by atoms with van der Waals surface area (Å²) in [5, 5.41) is 10.1. The molecule has 0 radical (unpaired) electrons. The fourth-order valence-corrected chi connectivity index (χ4v) is 2.59. The number of aliphatic hydroxyl groups excluding tert-OH is 1. The Bertz CT molecular complexity index is 935. The number of alkyl halides is 3. The van der Waals surface area contributed by atoms with Gasteiger partial charge in [-0.1, -0.05) is 18.2 Å². The average molecular weight is 379 g/mol. The van der Waals surface area contributed by atoms with Crippen LogP contribution in [-0.2, 0) is 9.59 Å². The monoisotopic (exact) mass is 379 g/mol. The summed E-state index contributed by atoms with van der Waals surface area (Å²) >= 11 is 0. The number of hydrogen-bond acceptors (Lipinski definition) is 5. The summed E-state index contributed by atoms with van der Waals surface area (Å²) in [6, 6.07) is 10.4. The van der Waals surface area contributed by atoms with E-state index in [1.54, 1.807) is 0 Å². The molecule has 2 aromatic rings. The summed E-state index contributed by atoms with van der Waals surface area (Å²) < 4.78 is 45.9. The van der Waals surface area contributed by atoms with Gasteiger partial charge in [0.15, 0.2) is 5.76 Å². The van der Waals surface area contributed by atoms with Crippen LogP contribution in [0.25, 0.3) is 5.57 Å². The molecule has 0 aromatic heterocycles. The van der Waals surface area contributed by atoms with Crippen LogP contribution in [0.3, 0.4) is 0 Å². The number of carbonyl (C=O) groups is 2. The summed E-state index contributed by atoms with van der Waals surface area (Å²) in [5.74, 6) is -2.81. The smallest absolute Gasteiger partial charge is 0.502 e. The van der Waals surface area contributed by atoms with Crippen molar-refractivity contribution in [3.8, 4) is 11.5 Å². The molecule has 6 nitrogen and oxygen atoms in total. The van der Waals surface area contributed by atoms with Crippen LogP contribution in [0.15, 0.2) is 54.3 Å². The maximum atomic E-state index is 12.7. The van der Waals surface area contributed by atoms with Gasteiger partial charge in [-0.05, 0) is 29.8 Å². The number of amides is 2. The summed E-state index contributed by atoms with van der Waals surface area (Å²) in [6.07, 6.45) is -4.92. The molecule has 2 aromatic carbocycles. The number of halogens is 3. The highest BCUT2D eigenvalue weighted by atomic mass is 19.4. The van der Waals surface area contributed by atoms with Crippen LogP contribution in [0.5, 0.6) is 11.5 Å². The second kappa shape index (κ2) is 6.67. The standard InChI is InChI=1S/C18H12F3NO5/c1-26-12-7-5-10(6-8-12)14-15(23)17(25)22(16(14)24)11-3-2-4-13(9-11)27-18(19,20)21/h2-9,23H,1H3. The Morgan fingerprint density at radius 2 is 1.63 bits per heavy atom. The van der Waals surface area contributed by atoms with Crippen molar-refractivity contribution < 1.29 is 37.3 Å². The van der Waals surface area contributed by atoms with Crippen molar-refractivity contribution in [1.29, 1.82) is 0 Å². The molecular weight excluding hydrogens is 367 g/mol. The zero-order valence-electron chi connectivity index (χ0n) is 13.8. The topological polar surface area (TPSA) is 76.1 Å². The number of imide groups is 1. The summed E-state index contributed by atoms with van der Waals surface area (Å²) in [6.45, 7) is 0. The highest BCUT2D eigenvalue weighted by Gasteiger charge is 2.40. The van der Waals surface area contributed by atoms with Crippen LogP contribution < -0.4 is 14.4 Å². The Morgan fingerprint density at radius 1 is 0.963 bits per heavy atom. The molecule has 9 heteroatoms. The van der Waals surface area contributed by atoms with Crippen molar-refractivity contribution in [2.24, 2.45) is 0 Å². The molecular formula is C18H12F3NO5. The fraction of sp³-hybridized carbons (Fsp3) is 0.111. The summed E-state index contributed by atoms with van der Waals surface area (Å²) in [5.41, 5.74) is -0.163. The quantitative estimate of drug-likeness (QED) is 0.824. The zero-order chi connectivity index (χ0) is 19.8. The number of nitrogens with zero attached hydrogens (tertiary/aromatic N) is 1. The number of hydrogen-bond donors (Lipinski definition) is 1. The molecule has 0 unspecified atom stereocenters. The van der Waals surface area contributed by atoms with Crippen molar-refractivity contribution in [1.82, 2.24) is 0 Å². The van der Waals surface area contributed by atoms with Gasteiger partial charge < -0.3 is 14.6 Å². The Hall–Kier alpha value is -3.49. The van der Waals surface area contributed by atoms with E-state index in [9.17, 15) is 27.9 Å². The molecule has 27 heavy (non-hydrogen) atoms. The van der Waals surface area contributed by atoms with Gasteiger partial charge in [-0.3, -0.25) is 9.59 Å². The number of benzene rings is 2. The molecule has 0 aliphatic carbocycles. The molecule has 140 valence electrons. The molecule has 0 saturated carbocycles. The largest absolute Gasteiger partial charge is 0.573 e. The number of rotatable bonds is 4. The van der Waals surface area contributed by atoms with Gasteiger partial charge in [0.25, 0.3) is 5.91 Å². The normalized spacial score (nSPS) is 14.7. The molecule has 3 rings (SSSR count). The minimum absolute atomic E-state index is 0.165. The van der Waals surface area contributed by atoms with Gasteiger partial charge in [0.05, 0.1) is 18.4 Å². The predicted molar refractivity (Wildman–Crippen MR) is 88.2 cm³/mol. The molecule has 1 aliphatic heterocycles. The van der Waals surface area contributed by atoms with Gasteiger partial charge in [-0.25, -0.2) is 4.90 Å². The van der Waals surface area contributed by atoms with Crippen molar-refractivity contribution >= 4 is 23.1 Å². The van der Waals surface area contributed by atoms with Crippen LogP contribution in [0.4, 0.5) is 18.9 Å². The van der Waals surface area contributed by atoms with Gasteiger partial charge >= 0.3 is 12.3 Å². The second-order valence-corrected chi connectivity index (χ2v) is 5.44. The first-order chi connectivity index (χ1) is 12.7. The second-order valence-electron chi connectivity index (χ2n) is 5.44. The summed E-state index contributed by atoms with van der Waals surface area (Å²) in [4.78, 5) is 25.6. The lowest BCUT2D eigenvalue weighted by Crippen LogP contribution is -2.31. The van der Waals surface area contributed by atoms with Crippen LogP contribution >= 0.6 is 0 Å². The Balaban J connectivity index is 1.95. The third-order valence-corrected chi connectivity index (χ3v) is 3.75. The van der Waals surface area contributed by atoms with Crippen LogP contribution in [0.1, 0.15) is 5.56 Å². The van der Waals surface area contributed by atoms with Gasteiger partial charge in [-0.2, -0.15) is 0 Å². The lowest BCUT2D eigenvalue weighted by atomic mass is 10.1. The molecule has 0 spiro atoms. The first-order valence-corrected chi connectivity index (χ1v) is 7.53. The van der Waals surface area contributed by atoms with E-state index in [-0.39, 0.29) is 16.8 Å². The zero-order valence-corrected chi connectivity index (χ0v) is 13.8. The van der Waals surface area contributed by atoms with Crippen LogP contribution in [0.2, 0.25) is 0 Å². The van der Waals surface area contributed by atoms with Crippen molar-refractivity contribution in [2.45, 2.75) is 6.36 Å². The Kier molecular flexibility index (Phi) is 4.52. The number of aliphatic hydroxyl groups is 1. The fourth-order valence-electron chi connectivity index (χ4n) is 2.59. The first kappa shape index (κ1) is 18.3. The molecule has 0 fully saturated rings. The Labute approximate surface area is 151 Å². The van der Waals surface area contributed by atoms with Gasteiger partial charge in [-0.15, -0.1) is 13.2 Å². The number of anilines is 1. The molecule has 0 atom stereocenters. The maximum absolute atomic E-state index is 12.7. The molecule has 1 heterocycles. The number of methoxy groups -OCH3 is 1. The van der Waals surface area contributed by atoms with Gasteiger partial charge in [0.2, 0.25) is 0 Å². The highest BCUT2D eigenvalue weighted by molar-refractivity contribution is 6.44. The molecule has 0 bridgehead atoms. The van der Waals surface area contributed by atoms with E-state index in [2.05, 4.69) is 4.74 Å². The maximum Gasteiger partial charge on any atom is 0.573 e. The van der Waals surface area contributed by atoms with Gasteiger partial charge in [0.1, 0.15) is 11.5 Å². The first-order valence-electron chi connectivity index (χ1n) is 7.53. The molecule has 1 aliphatic rings. The lowest BCUT2D eigenvalue weighted by molar-refractivity contribution is -0.274. The average Bonchev–Trinajstić information content (AvgIpc) is 2.83. The van der Waals surface area contributed by atoms with Gasteiger partial charge in [0, 0.05) is 6.07 Å². The van der Waals surface area contributed by atoms with E-state index in [0.29, 0.717) is 10.6 Å². The van der Waals surface area contributed by atoms with Crippen LogP contribution in [0, 0.1) is 0 Å².